The van der Waals surface area contributed by atoms with Crippen molar-refractivity contribution in [2.24, 2.45) is 0 Å². The normalized spacial score (nSPS) is 22.2. The van der Waals surface area contributed by atoms with Crippen molar-refractivity contribution in [1.29, 1.82) is 0 Å². The Kier molecular flexibility index (Phi) is 4.29. The predicted molar refractivity (Wildman–Crippen MR) is 75.3 cm³/mol. The van der Waals surface area contributed by atoms with Gasteiger partial charge in [0.2, 0.25) is 5.88 Å². The van der Waals surface area contributed by atoms with E-state index in [0.29, 0.717) is 18.1 Å². The Labute approximate surface area is 114 Å². The molecule has 1 saturated heterocycles. The van der Waals surface area contributed by atoms with Crippen molar-refractivity contribution in [3.63, 3.8) is 0 Å². The number of hydrogen-bond donors (Lipinski definition) is 1. The maximum absolute atomic E-state index is 11.6. The summed E-state index contributed by atoms with van der Waals surface area (Å²) in [6, 6.07) is 3.62. The number of aromatic nitrogens is 1. The minimum absolute atomic E-state index is 0.0329. The van der Waals surface area contributed by atoms with E-state index in [-0.39, 0.29) is 17.9 Å². The standard InChI is InChI=1S/C13H20N2O3S/c1-10(2)18-13-12(6-3-7-14-13)15-11-5-4-8-19(16,17)9-11/h3,6-7,10-11,15H,4-5,8-9H2,1-2H3. The van der Waals surface area contributed by atoms with Gasteiger partial charge in [0.1, 0.15) is 0 Å². The van der Waals surface area contributed by atoms with Gasteiger partial charge in [-0.3, -0.25) is 0 Å². The maximum atomic E-state index is 11.6. The molecule has 1 unspecified atom stereocenters. The molecule has 1 fully saturated rings. The van der Waals surface area contributed by atoms with E-state index >= 15 is 0 Å². The molecule has 5 nitrogen and oxygen atoms in total. The lowest BCUT2D eigenvalue weighted by Crippen LogP contribution is -2.35. The zero-order valence-electron chi connectivity index (χ0n) is 11.3. The molecule has 1 N–H and O–H groups in total. The van der Waals surface area contributed by atoms with Crippen molar-refractivity contribution in [2.45, 2.75) is 38.8 Å². The molecule has 0 aromatic carbocycles. The molecule has 1 atom stereocenters. The van der Waals surface area contributed by atoms with Crippen LogP contribution in [0.25, 0.3) is 0 Å². The molecule has 0 amide bonds. The van der Waals surface area contributed by atoms with Gasteiger partial charge in [0.15, 0.2) is 9.84 Å². The van der Waals surface area contributed by atoms with Gasteiger partial charge in [-0.15, -0.1) is 0 Å². The van der Waals surface area contributed by atoms with Crippen LogP contribution in [0.3, 0.4) is 0 Å². The average molecular weight is 284 g/mol. The fourth-order valence-corrected chi connectivity index (χ4v) is 3.81. The third-order valence-corrected chi connectivity index (χ3v) is 4.76. The van der Waals surface area contributed by atoms with E-state index in [1.165, 1.54) is 0 Å². The summed E-state index contributed by atoms with van der Waals surface area (Å²) in [5, 5.41) is 3.24. The van der Waals surface area contributed by atoms with Crippen LogP contribution >= 0.6 is 0 Å². The van der Waals surface area contributed by atoms with Crippen LogP contribution in [0, 0.1) is 0 Å². The number of sulfone groups is 1. The Bertz CT molecular complexity index is 528. The first-order valence-electron chi connectivity index (χ1n) is 6.55. The van der Waals surface area contributed by atoms with E-state index < -0.39 is 9.84 Å². The Morgan fingerprint density at radius 2 is 2.26 bits per heavy atom. The number of nitrogens with zero attached hydrogens (tertiary/aromatic N) is 1. The molecule has 0 aliphatic carbocycles. The summed E-state index contributed by atoms with van der Waals surface area (Å²) in [6.45, 7) is 3.87. The first-order chi connectivity index (χ1) is 8.96. The molecule has 6 heteroatoms. The molecule has 0 bridgehead atoms. The highest BCUT2D eigenvalue weighted by molar-refractivity contribution is 7.91. The Morgan fingerprint density at radius 3 is 2.95 bits per heavy atom. The molecular formula is C13H20N2O3S. The highest BCUT2D eigenvalue weighted by Gasteiger charge is 2.25. The first-order valence-corrected chi connectivity index (χ1v) is 8.37. The van der Waals surface area contributed by atoms with Gasteiger partial charge in [0, 0.05) is 12.2 Å². The largest absolute Gasteiger partial charge is 0.473 e. The molecule has 19 heavy (non-hydrogen) atoms. The van der Waals surface area contributed by atoms with Gasteiger partial charge in [-0.2, -0.15) is 0 Å². The number of pyridine rings is 1. The van der Waals surface area contributed by atoms with Crippen molar-refractivity contribution >= 4 is 15.5 Å². The van der Waals surface area contributed by atoms with Gasteiger partial charge in [0.25, 0.3) is 0 Å². The van der Waals surface area contributed by atoms with Crippen molar-refractivity contribution in [3.05, 3.63) is 18.3 Å². The highest BCUT2D eigenvalue weighted by Crippen LogP contribution is 2.25. The number of anilines is 1. The SMILES string of the molecule is CC(C)Oc1ncccc1NC1CCCS(=O)(=O)C1. The molecule has 1 aliphatic rings. The second-order valence-electron chi connectivity index (χ2n) is 5.12. The van der Waals surface area contributed by atoms with E-state index in [0.717, 1.165) is 12.1 Å². The summed E-state index contributed by atoms with van der Waals surface area (Å²) >= 11 is 0. The van der Waals surface area contributed by atoms with Crippen LogP contribution in [-0.2, 0) is 9.84 Å². The molecule has 0 radical (unpaired) electrons. The summed E-state index contributed by atoms with van der Waals surface area (Å²) in [5.41, 5.74) is 0.762. The van der Waals surface area contributed by atoms with Crippen molar-refractivity contribution in [1.82, 2.24) is 4.98 Å². The van der Waals surface area contributed by atoms with Gasteiger partial charge in [0.05, 0.1) is 23.3 Å². The molecular weight excluding hydrogens is 264 g/mol. The molecule has 0 spiro atoms. The van der Waals surface area contributed by atoms with Gasteiger partial charge >= 0.3 is 0 Å². The Hall–Kier alpha value is -1.30. The topological polar surface area (TPSA) is 68.3 Å². The molecule has 1 aromatic rings. The summed E-state index contributed by atoms with van der Waals surface area (Å²) in [6.07, 6.45) is 3.27. The smallest absolute Gasteiger partial charge is 0.237 e. The molecule has 2 rings (SSSR count). The van der Waals surface area contributed by atoms with Crippen molar-refractivity contribution in [2.75, 3.05) is 16.8 Å². The Balaban J connectivity index is 2.10. The highest BCUT2D eigenvalue weighted by atomic mass is 32.2. The van der Waals surface area contributed by atoms with Crippen LogP contribution in [0.15, 0.2) is 18.3 Å². The van der Waals surface area contributed by atoms with E-state index in [1.807, 2.05) is 26.0 Å². The fraction of sp³-hybridized carbons (Fsp3) is 0.615. The lowest BCUT2D eigenvalue weighted by Gasteiger charge is -2.25. The van der Waals surface area contributed by atoms with E-state index in [9.17, 15) is 8.42 Å². The fourth-order valence-electron chi connectivity index (χ4n) is 2.17. The second-order valence-corrected chi connectivity index (χ2v) is 7.35. The minimum Gasteiger partial charge on any atom is -0.473 e. The van der Waals surface area contributed by atoms with Crippen LogP contribution in [0.1, 0.15) is 26.7 Å². The van der Waals surface area contributed by atoms with E-state index in [1.54, 1.807) is 6.20 Å². The zero-order chi connectivity index (χ0) is 13.9. The molecule has 2 heterocycles. The molecule has 106 valence electrons. The molecule has 1 aromatic heterocycles. The summed E-state index contributed by atoms with van der Waals surface area (Å²) in [4.78, 5) is 4.19. The summed E-state index contributed by atoms with van der Waals surface area (Å²) in [5.74, 6) is 1.01. The first kappa shape index (κ1) is 14.1. The van der Waals surface area contributed by atoms with Crippen LogP contribution in [-0.4, -0.2) is 37.1 Å². The lowest BCUT2D eigenvalue weighted by atomic mass is 10.2. The van der Waals surface area contributed by atoms with Crippen LogP contribution < -0.4 is 10.1 Å². The monoisotopic (exact) mass is 284 g/mol. The van der Waals surface area contributed by atoms with Crippen LogP contribution in [0.5, 0.6) is 5.88 Å². The third-order valence-electron chi connectivity index (χ3n) is 2.94. The molecule has 1 aliphatic heterocycles. The number of ether oxygens (including phenoxy) is 1. The van der Waals surface area contributed by atoms with Crippen molar-refractivity contribution < 1.29 is 13.2 Å². The van der Waals surface area contributed by atoms with Crippen LogP contribution in [0.2, 0.25) is 0 Å². The van der Waals surface area contributed by atoms with E-state index in [2.05, 4.69) is 10.3 Å². The quantitative estimate of drug-likeness (QED) is 0.914. The summed E-state index contributed by atoms with van der Waals surface area (Å²) in [7, 11) is -2.91. The lowest BCUT2D eigenvalue weighted by molar-refractivity contribution is 0.234. The van der Waals surface area contributed by atoms with Gasteiger partial charge in [-0.25, -0.2) is 13.4 Å². The average Bonchev–Trinajstić information content (AvgIpc) is 2.30. The minimum atomic E-state index is -2.91. The van der Waals surface area contributed by atoms with Gasteiger partial charge in [-0.05, 0) is 38.8 Å². The van der Waals surface area contributed by atoms with E-state index in [4.69, 9.17) is 4.74 Å². The Morgan fingerprint density at radius 1 is 1.47 bits per heavy atom. The summed E-state index contributed by atoms with van der Waals surface area (Å²) < 4.78 is 28.9. The van der Waals surface area contributed by atoms with Gasteiger partial charge in [-0.1, -0.05) is 0 Å². The second kappa shape index (κ2) is 5.77. The molecule has 0 saturated carbocycles. The maximum Gasteiger partial charge on any atom is 0.237 e. The zero-order valence-corrected chi connectivity index (χ0v) is 12.1. The third kappa shape index (κ3) is 4.09. The van der Waals surface area contributed by atoms with Gasteiger partial charge < -0.3 is 10.1 Å². The number of hydrogen-bond acceptors (Lipinski definition) is 5. The van der Waals surface area contributed by atoms with Crippen molar-refractivity contribution in [3.8, 4) is 5.88 Å². The predicted octanol–water partition coefficient (Wildman–Crippen LogP) is 1.86. The number of nitrogens with one attached hydrogen (secondary N) is 1. The van der Waals surface area contributed by atoms with Crippen LogP contribution in [0.4, 0.5) is 5.69 Å². The number of rotatable bonds is 4.